The molecular weight excluding hydrogens is 188 g/mol. The predicted molar refractivity (Wildman–Crippen MR) is 62.8 cm³/mol. The molecule has 0 saturated carbocycles. The van der Waals surface area contributed by atoms with Gasteiger partial charge < -0.3 is 9.47 Å². The van der Waals surface area contributed by atoms with Crippen molar-refractivity contribution in [2.45, 2.75) is 27.7 Å². The fourth-order valence-electron chi connectivity index (χ4n) is 1.54. The topological polar surface area (TPSA) is 18.5 Å². The van der Waals surface area contributed by atoms with Crippen molar-refractivity contribution in [2.24, 2.45) is 5.92 Å². The molecule has 0 fully saturated rings. The molecule has 0 aromatic heterocycles. The molecule has 1 rings (SSSR count). The van der Waals surface area contributed by atoms with Crippen LogP contribution < -0.4 is 9.47 Å². The highest BCUT2D eigenvalue weighted by atomic mass is 16.5. The Morgan fingerprint density at radius 3 is 2.40 bits per heavy atom. The highest BCUT2D eigenvalue weighted by Crippen LogP contribution is 2.30. The number of ether oxygens (including phenoxy) is 2. The lowest BCUT2D eigenvalue weighted by molar-refractivity contribution is 0.267. The van der Waals surface area contributed by atoms with Gasteiger partial charge in [0.05, 0.1) is 13.7 Å². The number of methoxy groups -OCH3 is 1. The lowest BCUT2D eigenvalue weighted by Crippen LogP contribution is -2.06. The average molecular weight is 208 g/mol. The van der Waals surface area contributed by atoms with E-state index in [1.807, 2.05) is 26.0 Å². The summed E-state index contributed by atoms with van der Waals surface area (Å²) in [5.74, 6) is 2.39. The average Bonchev–Trinajstić information content (AvgIpc) is 2.17. The van der Waals surface area contributed by atoms with Crippen molar-refractivity contribution >= 4 is 0 Å². The lowest BCUT2D eigenvalue weighted by atomic mass is 10.1. The molecule has 0 N–H and O–H groups in total. The third-order valence-corrected chi connectivity index (χ3v) is 2.33. The summed E-state index contributed by atoms with van der Waals surface area (Å²) in [5.41, 5.74) is 2.23. The van der Waals surface area contributed by atoms with Gasteiger partial charge in [-0.25, -0.2) is 0 Å². The van der Waals surface area contributed by atoms with Crippen LogP contribution in [0, 0.1) is 19.8 Å². The van der Waals surface area contributed by atoms with E-state index in [1.165, 1.54) is 0 Å². The van der Waals surface area contributed by atoms with Gasteiger partial charge in [0.1, 0.15) is 11.5 Å². The van der Waals surface area contributed by atoms with Gasteiger partial charge in [-0.3, -0.25) is 0 Å². The second-order valence-electron chi connectivity index (χ2n) is 4.24. The first kappa shape index (κ1) is 11.9. The Morgan fingerprint density at radius 2 is 1.87 bits per heavy atom. The highest BCUT2D eigenvalue weighted by molar-refractivity contribution is 5.48. The molecule has 84 valence electrons. The van der Waals surface area contributed by atoms with Gasteiger partial charge in [0.25, 0.3) is 0 Å². The molecule has 0 unspecified atom stereocenters. The summed E-state index contributed by atoms with van der Waals surface area (Å²) in [7, 11) is 1.70. The zero-order valence-electron chi connectivity index (χ0n) is 10.3. The minimum Gasteiger partial charge on any atom is -0.496 e. The second-order valence-corrected chi connectivity index (χ2v) is 4.24. The van der Waals surface area contributed by atoms with Gasteiger partial charge in [0.15, 0.2) is 0 Å². The van der Waals surface area contributed by atoms with Gasteiger partial charge in [-0.2, -0.15) is 0 Å². The van der Waals surface area contributed by atoms with Crippen LogP contribution >= 0.6 is 0 Å². The van der Waals surface area contributed by atoms with Crippen LogP contribution in [-0.4, -0.2) is 13.7 Å². The third kappa shape index (κ3) is 2.88. The van der Waals surface area contributed by atoms with Crippen LogP contribution in [0.4, 0.5) is 0 Å². The Labute approximate surface area is 92.2 Å². The van der Waals surface area contributed by atoms with Gasteiger partial charge in [0.2, 0.25) is 0 Å². The third-order valence-electron chi connectivity index (χ3n) is 2.33. The summed E-state index contributed by atoms with van der Waals surface area (Å²) in [5, 5.41) is 0. The summed E-state index contributed by atoms with van der Waals surface area (Å²) >= 11 is 0. The maximum absolute atomic E-state index is 5.72. The normalized spacial score (nSPS) is 10.5. The van der Waals surface area contributed by atoms with Crippen molar-refractivity contribution < 1.29 is 9.47 Å². The summed E-state index contributed by atoms with van der Waals surface area (Å²) in [6.45, 7) is 9.09. The maximum Gasteiger partial charge on any atom is 0.128 e. The highest BCUT2D eigenvalue weighted by Gasteiger charge is 2.08. The predicted octanol–water partition coefficient (Wildman–Crippen LogP) is 3.35. The molecule has 0 bridgehead atoms. The fourth-order valence-corrected chi connectivity index (χ4v) is 1.54. The fraction of sp³-hybridized carbons (Fsp3) is 0.538. The molecule has 0 radical (unpaired) electrons. The standard InChI is InChI=1S/C13H20O2/c1-9(2)8-15-12-7-6-10(3)13(14-5)11(12)4/h6-7,9H,8H2,1-5H3. The zero-order chi connectivity index (χ0) is 11.4. The number of hydrogen-bond acceptors (Lipinski definition) is 2. The number of rotatable bonds is 4. The van der Waals surface area contributed by atoms with Gasteiger partial charge in [-0.15, -0.1) is 0 Å². The molecule has 0 aliphatic carbocycles. The first-order chi connectivity index (χ1) is 7.06. The molecule has 15 heavy (non-hydrogen) atoms. The first-order valence-electron chi connectivity index (χ1n) is 5.33. The minimum absolute atomic E-state index is 0.539. The molecule has 2 heteroatoms. The SMILES string of the molecule is COc1c(C)ccc(OCC(C)C)c1C. The van der Waals surface area contributed by atoms with E-state index in [2.05, 4.69) is 13.8 Å². The monoisotopic (exact) mass is 208 g/mol. The Hall–Kier alpha value is -1.18. The Balaban J connectivity index is 2.90. The molecule has 2 nitrogen and oxygen atoms in total. The van der Waals surface area contributed by atoms with Gasteiger partial charge >= 0.3 is 0 Å². The Bertz CT molecular complexity index is 330. The van der Waals surface area contributed by atoms with E-state index < -0.39 is 0 Å². The number of hydrogen-bond donors (Lipinski definition) is 0. The summed E-state index contributed by atoms with van der Waals surface area (Å²) in [6, 6.07) is 4.04. The van der Waals surface area contributed by atoms with Crippen LogP contribution in [0.2, 0.25) is 0 Å². The van der Waals surface area contributed by atoms with Crippen LogP contribution in [0.25, 0.3) is 0 Å². The number of benzene rings is 1. The van der Waals surface area contributed by atoms with Crippen LogP contribution in [0.1, 0.15) is 25.0 Å². The van der Waals surface area contributed by atoms with Crippen LogP contribution in [0.5, 0.6) is 11.5 Å². The van der Waals surface area contributed by atoms with Crippen molar-refractivity contribution in [1.82, 2.24) is 0 Å². The smallest absolute Gasteiger partial charge is 0.128 e. The van der Waals surface area contributed by atoms with Crippen molar-refractivity contribution in [3.8, 4) is 11.5 Å². The lowest BCUT2D eigenvalue weighted by Gasteiger charge is -2.15. The van der Waals surface area contributed by atoms with Gasteiger partial charge in [0, 0.05) is 5.56 Å². The van der Waals surface area contributed by atoms with Crippen molar-refractivity contribution in [1.29, 1.82) is 0 Å². The second kappa shape index (κ2) is 5.06. The van der Waals surface area contributed by atoms with E-state index in [0.29, 0.717) is 5.92 Å². The van der Waals surface area contributed by atoms with Crippen molar-refractivity contribution in [2.75, 3.05) is 13.7 Å². The number of aryl methyl sites for hydroxylation is 1. The quantitative estimate of drug-likeness (QED) is 0.755. The first-order valence-corrected chi connectivity index (χ1v) is 5.33. The molecule has 0 spiro atoms. The summed E-state index contributed by atoms with van der Waals surface area (Å²) in [4.78, 5) is 0. The largest absolute Gasteiger partial charge is 0.496 e. The minimum atomic E-state index is 0.539. The molecule has 0 amide bonds. The Kier molecular flexibility index (Phi) is 4.01. The molecule has 0 aliphatic heterocycles. The molecule has 0 saturated heterocycles. The van der Waals surface area contributed by atoms with Crippen molar-refractivity contribution in [3.63, 3.8) is 0 Å². The van der Waals surface area contributed by atoms with Gasteiger partial charge in [-0.05, 0) is 31.4 Å². The van der Waals surface area contributed by atoms with Crippen LogP contribution in [-0.2, 0) is 0 Å². The van der Waals surface area contributed by atoms with Crippen LogP contribution in [0.15, 0.2) is 12.1 Å². The maximum atomic E-state index is 5.72. The molecule has 0 heterocycles. The van der Waals surface area contributed by atoms with E-state index in [-0.39, 0.29) is 0 Å². The van der Waals surface area contributed by atoms with E-state index >= 15 is 0 Å². The zero-order valence-corrected chi connectivity index (χ0v) is 10.3. The molecule has 1 aromatic carbocycles. The Morgan fingerprint density at radius 1 is 1.20 bits per heavy atom. The van der Waals surface area contributed by atoms with Crippen molar-refractivity contribution in [3.05, 3.63) is 23.3 Å². The van der Waals surface area contributed by atoms with E-state index in [4.69, 9.17) is 9.47 Å². The molecule has 1 aromatic rings. The van der Waals surface area contributed by atoms with E-state index in [1.54, 1.807) is 7.11 Å². The summed E-state index contributed by atoms with van der Waals surface area (Å²) < 4.78 is 11.1. The molecule has 0 aliphatic rings. The molecular formula is C13H20O2. The van der Waals surface area contributed by atoms with E-state index in [0.717, 1.165) is 29.2 Å². The molecule has 0 atom stereocenters. The summed E-state index contributed by atoms with van der Waals surface area (Å²) in [6.07, 6.45) is 0. The van der Waals surface area contributed by atoms with E-state index in [9.17, 15) is 0 Å². The van der Waals surface area contributed by atoms with Gasteiger partial charge in [-0.1, -0.05) is 19.9 Å². The van der Waals surface area contributed by atoms with Crippen LogP contribution in [0.3, 0.4) is 0 Å².